The summed E-state index contributed by atoms with van der Waals surface area (Å²) in [7, 11) is -1.82. The van der Waals surface area contributed by atoms with Crippen LogP contribution in [0.15, 0.2) is 84.9 Å². The van der Waals surface area contributed by atoms with Crippen molar-refractivity contribution in [1.29, 1.82) is 0 Å². The van der Waals surface area contributed by atoms with Gasteiger partial charge >= 0.3 is 0 Å². The number of rotatable bonds is 9. The zero-order chi connectivity index (χ0) is 22.4. The van der Waals surface area contributed by atoms with Crippen LogP contribution in [0.2, 0.25) is 0 Å². The van der Waals surface area contributed by atoms with Crippen molar-refractivity contribution < 1.29 is 18.0 Å². The predicted molar refractivity (Wildman–Crippen MR) is 125 cm³/mol. The van der Waals surface area contributed by atoms with E-state index in [4.69, 9.17) is 9.57 Å². The van der Waals surface area contributed by atoms with Crippen LogP contribution >= 0.6 is 0 Å². The summed E-state index contributed by atoms with van der Waals surface area (Å²) in [5, 5.41) is 0.907. The Kier molecular flexibility index (Phi) is 7.22. The number of nitrogens with one attached hydrogen (secondary N) is 1. The molecule has 7 heteroatoms. The zero-order valence-corrected chi connectivity index (χ0v) is 18.9. The minimum atomic E-state index is -3.59. The molecule has 1 fully saturated rings. The zero-order valence-electron chi connectivity index (χ0n) is 18.1. The van der Waals surface area contributed by atoms with Crippen molar-refractivity contribution in [2.45, 2.75) is 24.3 Å². The molecule has 1 aliphatic rings. The van der Waals surface area contributed by atoms with Crippen molar-refractivity contribution in [3.8, 4) is 5.75 Å². The molecule has 0 aromatic heterocycles. The van der Waals surface area contributed by atoms with E-state index >= 15 is 0 Å². The van der Waals surface area contributed by atoms with Crippen LogP contribution in [0.3, 0.4) is 0 Å². The van der Waals surface area contributed by atoms with Crippen molar-refractivity contribution in [2.24, 2.45) is 0 Å². The Hall–Kier alpha value is -2.71. The highest BCUT2D eigenvalue weighted by Gasteiger charge is 2.43. The van der Waals surface area contributed by atoms with E-state index in [1.807, 2.05) is 84.9 Å². The SMILES string of the molecule is CN1OC[C@H](S(=O)(=O)NCCc2ccccc2)[C@H]1c1cccc(OCc2ccccc2)c1. The number of benzene rings is 3. The van der Waals surface area contributed by atoms with E-state index in [0.717, 1.165) is 16.7 Å². The van der Waals surface area contributed by atoms with E-state index in [1.165, 1.54) is 0 Å². The van der Waals surface area contributed by atoms with Crippen LogP contribution in [-0.2, 0) is 27.9 Å². The first-order valence-electron chi connectivity index (χ1n) is 10.7. The van der Waals surface area contributed by atoms with Gasteiger partial charge in [0.05, 0.1) is 12.6 Å². The smallest absolute Gasteiger partial charge is 0.218 e. The number of sulfonamides is 1. The van der Waals surface area contributed by atoms with Crippen LogP contribution in [0.1, 0.15) is 22.7 Å². The maximum Gasteiger partial charge on any atom is 0.218 e. The van der Waals surface area contributed by atoms with Crippen LogP contribution in [-0.4, -0.2) is 38.9 Å². The molecule has 168 valence electrons. The molecule has 32 heavy (non-hydrogen) atoms. The summed E-state index contributed by atoms with van der Waals surface area (Å²) in [5.74, 6) is 0.694. The van der Waals surface area contributed by atoms with E-state index in [1.54, 1.807) is 12.1 Å². The van der Waals surface area contributed by atoms with E-state index in [2.05, 4.69) is 4.72 Å². The first kappa shape index (κ1) is 22.5. The normalized spacial score (nSPS) is 19.2. The van der Waals surface area contributed by atoms with Gasteiger partial charge in [0, 0.05) is 13.6 Å². The second-order valence-corrected chi connectivity index (χ2v) is 9.83. The molecule has 0 bridgehead atoms. The van der Waals surface area contributed by atoms with Crippen molar-refractivity contribution in [3.05, 3.63) is 102 Å². The summed E-state index contributed by atoms with van der Waals surface area (Å²) >= 11 is 0. The van der Waals surface area contributed by atoms with E-state index in [-0.39, 0.29) is 6.61 Å². The molecule has 0 amide bonds. The summed E-state index contributed by atoms with van der Waals surface area (Å²) in [6.45, 7) is 0.903. The molecule has 3 aromatic rings. The van der Waals surface area contributed by atoms with Crippen LogP contribution in [0.25, 0.3) is 0 Å². The van der Waals surface area contributed by atoms with E-state index < -0.39 is 21.3 Å². The highest BCUT2D eigenvalue weighted by molar-refractivity contribution is 7.90. The molecule has 1 saturated heterocycles. The Morgan fingerprint density at radius 1 is 0.969 bits per heavy atom. The minimum Gasteiger partial charge on any atom is -0.489 e. The lowest BCUT2D eigenvalue weighted by Gasteiger charge is -2.23. The van der Waals surface area contributed by atoms with Gasteiger partial charge in [0.15, 0.2) is 0 Å². The van der Waals surface area contributed by atoms with Crippen molar-refractivity contribution in [2.75, 3.05) is 20.2 Å². The first-order chi connectivity index (χ1) is 15.5. The van der Waals surface area contributed by atoms with Gasteiger partial charge in [-0.05, 0) is 35.2 Å². The molecule has 2 atom stereocenters. The Labute approximate surface area is 189 Å². The Morgan fingerprint density at radius 2 is 1.66 bits per heavy atom. The fourth-order valence-electron chi connectivity index (χ4n) is 3.90. The van der Waals surface area contributed by atoms with Gasteiger partial charge in [-0.25, -0.2) is 13.1 Å². The number of ether oxygens (including phenoxy) is 1. The third-order valence-electron chi connectivity index (χ3n) is 5.59. The maximum absolute atomic E-state index is 13.1. The molecule has 1 heterocycles. The summed E-state index contributed by atoms with van der Waals surface area (Å²) in [6.07, 6.45) is 0.636. The average Bonchev–Trinajstić information content (AvgIpc) is 3.21. The van der Waals surface area contributed by atoms with Crippen molar-refractivity contribution in [3.63, 3.8) is 0 Å². The van der Waals surface area contributed by atoms with Gasteiger partial charge in [0.2, 0.25) is 10.0 Å². The Bertz CT molecular complexity index is 1110. The van der Waals surface area contributed by atoms with Crippen LogP contribution in [0, 0.1) is 0 Å². The van der Waals surface area contributed by atoms with Gasteiger partial charge in [-0.1, -0.05) is 72.8 Å². The molecular weight excluding hydrogens is 424 g/mol. The molecule has 6 nitrogen and oxygen atoms in total. The molecular formula is C25H28N2O4S. The quantitative estimate of drug-likeness (QED) is 0.536. The standard InChI is InChI=1S/C25H28N2O4S/c1-27-25(22-13-8-14-23(17-22)30-18-21-11-6-3-7-12-21)24(19-31-27)32(28,29)26-16-15-20-9-4-2-5-10-20/h2-14,17,24-26H,15-16,18-19H2,1H3/t24-,25+/m0/s1. The highest BCUT2D eigenvalue weighted by atomic mass is 32.2. The predicted octanol–water partition coefficient (Wildman–Crippen LogP) is 3.71. The number of nitrogens with zero attached hydrogens (tertiary/aromatic N) is 1. The fraction of sp³-hybridized carbons (Fsp3) is 0.280. The van der Waals surface area contributed by atoms with Crippen molar-refractivity contribution >= 4 is 10.0 Å². The van der Waals surface area contributed by atoms with E-state index in [9.17, 15) is 8.42 Å². The Balaban J connectivity index is 1.44. The second kappa shape index (κ2) is 10.3. The largest absolute Gasteiger partial charge is 0.489 e. The molecule has 0 radical (unpaired) electrons. The monoisotopic (exact) mass is 452 g/mol. The van der Waals surface area contributed by atoms with Crippen LogP contribution in [0.5, 0.6) is 5.75 Å². The fourth-order valence-corrected chi connectivity index (χ4v) is 5.41. The molecule has 0 spiro atoms. The third-order valence-corrected chi connectivity index (χ3v) is 7.39. The minimum absolute atomic E-state index is 0.108. The number of hydrogen-bond donors (Lipinski definition) is 1. The Morgan fingerprint density at radius 3 is 2.38 bits per heavy atom. The van der Waals surface area contributed by atoms with Gasteiger partial charge in [0.1, 0.15) is 17.6 Å². The summed E-state index contributed by atoms with van der Waals surface area (Å²) in [6, 6.07) is 26.9. The van der Waals surface area contributed by atoms with Gasteiger partial charge in [0.25, 0.3) is 0 Å². The summed E-state index contributed by atoms with van der Waals surface area (Å²) < 4.78 is 34.9. The lowest BCUT2D eigenvalue weighted by molar-refractivity contribution is -0.110. The molecule has 4 rings (SSSR count). The second-order valence-electron chi connectivity index (χ2n) is 7.85. The van der Waals surface area contributed by atoms with Gasteiger partial charge < -0.3 is 4.74 Å². The lowest BCUT2D eigenvalue weighted by atomic mass is 10.0. The topological polar surface area (TPSA) is 67.9 Å². The molecule has 1 aliphatic heterocycles. The van der Waals surface area contributed by atoms with Gasteiger partial charge in [-0.15, -0.1) is 0 Å². The lowest BCUT2D eigenvalue weighted by Crippen LogP contribution is -2.40. The number of hydrogen-bond acceptors (Lipinski definition) is 5. The molecule has 3 aromatic carbocycles. The summed E-state index contributed by atoms with van der Waals surface area (Å²) in [5.41, 5.74) is 3.01. The third kappa shape index (κ3) is 5.55. The van der Waals surface area contributed by atoms with E-state index in [0.29, 0.717) is 25.3 Å². The molecule has 0 saturated carbocycles. The molecule has 0 unspecified atom stereocenters. The first-order valence-corrected chi connectivity index (χ1v) is 12.2. The number of hydroxylamine groups is 2. The maximum atomic E-state index is 13.1. The average molecular weight is 453 g/mol. The summed E-state index contributed by atoms with van der Waals surface area (Å²) in [4.78, 5) is 5.63. The molecule has 1 N–H and O–H groups in total. The van der Waals surface area contributed by atoms with Crippen molar-refractivity contribution in [1.82, 2.24) is 9.79 Å². The highest BCUT2D eigenvalue weighted by Crippen LogP contribution is 2.34. The van der Waals surface area contributed by atoms with Gasteiger partial charge in [-0.2, -0.15) is 5.06 Å². The van der Waals surface area contributed by atoms with Crippen LogP contribution < -0.4 is 9.46 Å². The molecule has 0 aliphatic carbocycles. The van der Waals surface area contributed by atoms with Gasteiger partial charge in [-0.3, -0.25) is 4.84 Å². The van der Waals surface area contributed by atoms with Crippen LogP contribution in [0.4, 0.5) is 0 Å².